The van der Waals surface area contributed by atoms with Crippen LogP contribution >= 0.6 is 12.9 Å². The number of halogens is 1. The molecule has 3 nitrogen and oxygen atoms in total. The minimum absolute atomic E-state index is 0.166. The Morgan fingerprint density at radius 3 is 2.40 bits per heavy atom. The van der Waals surface area contributed by atoms with Crippen molar-refractivity contribution >= 4 is 23.0 Å². The third-order valence-corrected chi connectivity index (χ3v) is 2.59. The van der Waals surface area contributed by atoms with Gasteiger partial charge in [-0.3, -0.25) is 4.39 Å². The number of alkyl halides is 1. The van der Waals surface area contributed by atoms with Crippen LogP contribution in [-0.2, 0) is 13.7 Å². The van der Waals surface area contributed by atoms with E-state index < -0.39 is 16.8 Å². The van der Waals surface area contributed by atoms with E-state index in [0.29, 0.717) is 0 Å². The summed E-state index contributed by atoms with van der Waals surface area (Å²) in [6, 6.07) is 0. The van der Waals surface area contributed by atoms with Gasteiger partial charge in [0.15, 0.2) is 0 Å². The predicted molar refractivity (Wildman–Crippen MR) is 39.1 cm³/mol. The zero-order chi connectivity index (χ0) is 8.04. The average Bonchev–Trinajstić information content (AvgIpc) is 1.89. The van der Waals surface area contributed by atoms with Gasteiger partial charge in [0, 0.05) is 0 Å². The summed E-state index contributed by atoms with van der Waals surface area (Å²) in [5, 5.41) is 0. The van der Waals surface area contributed by atoms with Gasteiger partial charge in [0.1, 0.15) is 0 Å². The van der Waals surface area contributed by atoms with E-state index in [2.05, 4.69) is 16.5 Å². The highest BCUT2D eigenvalue weighted by molar-refractivity contribution is 7.95. The SMILES string of the molecule is O=S(=O)(CCCCF)OS. The normalized spacial score (nSPS) is 11.8. The lowest BCUT2D eigenvalue weighted by molar-refractivity contribution is 0.464. The molecular formula is C4H9FO3S2. The Balaban J connectivity index is 3.49. The van der Waals surface area contributed by atoms with Crippen molar-refractivity contribution in [3.63, 3.8) is 0 Å². The lowest BCUT2D eigenvalue weighted by Crippen LogP contribution is -2.05. The van der Waals surface area contributed by atoms with Crippen LogP contribution in [-0.4, -0.2) is 20.8 Å². The topological polar surface area (TPSA) is 43.4 Å². The van der Waals surface area contributed by atoms with Crippen molar-refractivity contribution in [3.8, 4) is 0 Å². The molecule has 0 atom stereocenters. The molecule has 0 unspecified atom stereocenters. The Kier molecular flexibility index (Phi) is 5.02. The van der Waals surface area contributed by atoms with Crippen LogP contribution in [0.3, 0.4) is 0 Å². The van der Waals surface area contributed by atoms with Crippen LogP contribution < -0.4 is 0 Å². The van der Waals surface area contributed by atoms with Gasteiger partial charge in [0.25, 0.3) is 10.1 Å². The molecule has 0 aliphatic carbocycles. The number of hydrogen-bond donors (Lipinski definition) is 1. The maximum absolute atomic E-state index is 11.4. The first-order valence-electron chi connectivity index (χ1n) is 2.74. The lowest BCUT2D eigenvalue weighted by Gasteiger charge is -1.96. The summed E-state index contributed by atoms with van der Waals surface area (Å²) in [6.45, 7) is -0.498. The van der Waals surface area contributed by atoms with Gasteiger partial charge in [0.05, 0.1) is 12.4 Å². The third kappa shape index (κ3) is 5.01. The number of rotatable bonds is 5. The Hall–Kier alpha value is 0.190. The summed E-state index contributed by atoms with van der Waals surface area (Å²) < 4.78 is 36.2. The molecule has 0 N–H and O–H groups in total. The molecule has 0 aliphatic rings. The van der Waals surface area contributed by atoms with Gasteiger partial charge in [-0.25, -0.2) is 3.63 Å². The molecule has 10 heavy (non-hydrogen) atoms. The Morgan fingerprint density at radius 2 is 2.00 bits per heavy atom. The lowest BCUT2D eigenvalue weighted by atomic mass is 10.4. The summed E-state index contributed by atoms with van der Waals surface area (Å²) in [6.07, 6.45) is 0.524. The van der Waals surface area contributed by atoms with Crippen molar-refractivity contribution in [1.82, 2.24) is 0 Å². The van der Waals surface area contributed by atoms with E-state index in [1.165, 1.54) is 0 Å². The van der Waals surface area contributed by atoms with Crippen molar-refractivity contribution in [2.24, 2.45) is 0 Å². The highest BCUT2D eigenvalue weighted by Crippen LogP contribution is 2.00. The maximum atomic E-state index is 11.4. The summed E-state index contributed by atoms with van der Waals surface area (Å²) in [5.41, 5.74) is 0. The zero-order valence-corrected chi connectivity index (χ0v) is 7.00. The van der Waals surface area contributed by atoms with E-state index in [9.17, 15) is 12.8 Å². The minimum atomic E-state index is -3.49. The van der Waals surface area contributed by atoms with E-state index in [0.717, 1.165) is 0 Å². The van der Waals surface area contributed by atoms with Crippen molar-refractivity contribution in [2.45, 2.75) is 12.8 Å². The van der Waals surface area contributed by atoms with E-state index in [-0.39, 0.29) is 18.6 Å². The van der Waals surface area contributed by atoms with Crippen LogP contribution in [0.25, 0.3) is 0 Å². The standard InChI is InChI=1S/C4H9FO3S2/c5-3-1-2-4-10(6,7)8-9/h9H,1-4H2. The molecule has 0 aromatic carbocycles. The fraction of sp³-hybridized carbons (Fsp3) is 1.00. The van der Waals surface area contributed by atoms with Gasteiger partial charge in [0.2, 0.25) is 0 Å². The molecule has 0 fully saturated rings. The predicted octanol–water partition coefficient (Wildman–Crippen LogP) is 0.927. The summed E-state index contributed by atoms with van der Waals surface area (Å²) in [5.74, 6) is -0.166. The average molecular weight is 188 g/mol. The molecule has 62 valence electrons. The van der Waals surface area contributed by atoms with Crippen LogP contribution in [0.1, 0.15) is 12.8 Å². The Morgan fingerprint density at radius 1 is 1.40 bits per heavy atom. The second-order valence-electron chi connectivity index (χ2n) is 1.73. The fourth-order valence-corrected chi connectivity index (χ4v) is 1.27. The van der Waals surface area contributed by atoms with E-state index in [1.807, 2.05) is 0 Å². The van der Waals surface area contributed by atoms with Crippen LogP contribution in [0, 0.1) is 0 Å². The molecule has 0 aromatic rings. The largest absolute Gasteiger partial charge is 0.277 e. The second kappa shape index (κ2) is 4.92. The molecular weight excluding hydrogens is 179 g/mol. The number of thiol groups is 1. The van der Waals surface area contributed by atoms with Gasteiger partial charge >= 0.3 is 0 Å². The quantitative estimate of drug-likeness (QED) is 0.396. The van der Waals surface area contributed by atoms with Crippen molar-refractivity contribution < 1.29 is 16.4 Å². The summed E-state index contributed by atoms with van der Waals surface area (Å²) in [4.78, 5) is 0. The number of unbranched alkanes of at least 4 members (excludes halogenated alkanes) is 1. The highest BCUT2D eigenvalue weighted by atomic mass is 32.3. The van der Waals surface area contributed by atoms with Crippen LogP contribution in [0.4, 0.5) is 4.39 Å². The number of hydrogen-bond acceptors (Lipinski definition) is 4. The summed E-state index contributed by atoms with van der Waals surface area (Å²) >= 11 is 3.12. The monoisotopic (exact) mass is 188 g/mol. The van der Waals surface area contributed by atoms with Gasteiger partial charge < -0.3 is 0 Å². The van der Waals surface area contributed by atoms with Gasteiger partial charge in [-0.05, 0) is 25.8 Å². The molecule has 0 aromatic heterocycles. The summed E-state index contributed by atoms with van der Waals surface area (Å²) in [7, 11) is -3.49. The molecule has 0 rings (SSSR count). The second-order valence-corrected chi connectivity index (χ2v) is 3.85. The molecule has 0 aliphatic heterocycles. The van der Waals surface area contributed by atoms with Gasteiger partial charge in [-0.2, -0.15) is 8.42 Å². The molecule has 0 saturated heterocycles. The Bertz CT molecular complexity index is 165. The van der Waals surface area contributed by atoms with Gasteiger partial charge in [-0.1, -0.05) is 0 Å². The minimum Gasteiger partial charge on any atom is -0.251 e. The smallest absolute Gasteiger partial charge is 0.251 e. The molecule has 0 bridgehead atoms. The van der Waals surface area contributed by atoms with Gasteiger partial charge in [-0.15, -0.1) is 0 Å². The van der Waals surface area contributed by atoms with E-state index in [1.54, 1.807) is 0 Å². The first-order chi connectivity index (χ1) is 4.62. The van der Waals surface area contributed by atoms with Crippen LogP contribution in [0.5, 0.6) is 0 Å². The molecule has 6 heteroatoms. The van der Waals surface area contributed by atoms with E-state index >= 15 is 0 Å². The molecule has 0 radical (unpaired) electrons. The van der Waals surface area contributed by atoms with E-state index in [4.69, 9.17) is 0 Å². The highest BCUT2D eigenvalue weighted by Gasteiger charge is 2.07. The fourth-order valence-electron chi connectivity index (χ4n) is 0.411. The molecule has 0 spiro atoms. The molecule has 0 amide bonds. The zero-order valence-electron chi connectivity index (χ0n) is 5.29. The van der Waals surface area contributed by atoms with Crippen LogP contribution in [0.2, 0.25) is 0 Å². The Labute approximate surface area is 65.3 Å². The maximum Gasteiger partial charge on any atom is 0.277 e. The van der Waals surface area contributed by atoms with Crippen LogP contribution in [0.15, 0.2) is 0 Å². The van der Waals surface area contributed by atoms with Crippen molar-refractivity contribution in [3.05, 3.63) is 0 Å². The molecule has 0 heterocycles. The molecule has 0 saturated carbocycles. The third-order valence-electron chi connectivity index (χ3n) is 0.892. The van der Waals surface area contributed by atoms with Crippen molar-refractivity contribution in [1.29, 1.82) is 0 Å². The first kappa shape index (κ1) is 10.2. The first-order valence-corrected chi connectivity index (χ1v) is 4.68. The van der Waals surface area contributed by atoms with Crippen molar-refractivity contribution in [2.75, 3.05) is 12.4 Å².